The first kappa shape index (κ1) is 17.8. The standard InChI is InChI=1S/C14H17F3N2O3/c1-22-11-5-2-10(3-6-11)4-7-12(20)18-8-9-19-13(21)14(15,16)17/h2-3,5-6H,4,7-9H2,1H3,(H,18,20)(H,19,21). The first-order chi connectivity index (χ1) is 10.3. The molecule has 1 rings (SSSR count). The highest BCUT2D eigenvalue weighted by atomic mass is 19.4. The summed E-state index contributed by atoms with van der Waals surface area (Å²) in [6.07, 6.45) is -4.19. The van der Waals surface area contributed by atoms with Gasteiger partial charge in [-0.15, -0.1) is 0 Å². The minimum Gasteiger partial charge on any atom is -0.497 e. The Labute approximate surface area is 125 Å². The van der Waals surface area contributed by atoms with Gasteiger partial charge in [0.05, 0.1) is 7.11 Å². The Bertz CT molecular complexity index is 501. The molecule has 0 aliphatic carbocycles. The lowest BCUT2D eigenvalue weighted by Crippen LogP contribution is -2.41. The van der Waals surface area contributed by atoms with Crippen LogP contribution in [0.2, 0.25) is 0 Å². The van der Waals surface area contributed by atoms with Crippen LogP contribution in [0.1, 0.15) is 12.0 Å². The van der Waals surface area contributed by atoms with Crippen LogP contribution in [0.4, 0.5) is 13.2 Å². The maximum absolute atomic E-state index is 11.9. The van der Waals surface area contributed by atoms with E-state index in [0.717, 1.165) is 5.56 Å². The third-order valence-electron chi connectivity index (χ3n) is 2.79. The normalized spacial score (nSPS) is 10.9. The first-order valence-electron chi connectivity index (χ1n) is 6.57. The van der Waals surface area contributed by atoms with E-state index < -0.39 is 12.1 Å². The number of alkyl halides is 3. The van der Waals surface area contributed by atoms with E-state index in [9.17, 15) is 22.8 Å². The lowest BCUT2D eigenvalue weighted by Gasteiger charge is -2.09. The summed E-state index contributed by atoms with van der Waals surface area (Å²) < 4.78 is 40.7. The van der Waals surface area contributed by atoms with Crippen LogP contribution in [-0.2, 0) is 16.0 Å². The monoisotopic (exact) mass is 318 g/mol. The number of methoxy groups -OCH3 is 1. The van der Waals surface area contributed by atoms with Crippen molar-refractivity contribution in [2.24, 2.45) is 0 Å². The molecular formula is C14H17F3N2O3. The molecule has 0 aliphatic heterocycles. The second-order valence-corrected chi connectivity index (χ2v) is 4.45. The van der Waals surface area contributed by atoms with E-state index in [0.29, 0.717) is 12.2 Å². The molecule has 0 radical (unpaired) electrons. The van der Waals surface area contributed by atoms with Gasteiger partial charge in [-0.1, -0.05) is 12.1 Å². The summed E-state index contributed by atoms with van der Waals surface area (Å²) in [5.74, 6) is -1.59. The summed E-state index contributed by atoms with van der Waals surface area (Å²) in [6, 6.07) is 7.21. The molecule has 122 valence electrons. The molecule has 2 amide bonds. The Morgan fingerprint density at radius 3 is 2.23 bits per heavy atom. The van der Waals surface area contributed by atoms with Crippen molar-refractivity contribution >= 4 is 11.8 Å². The summed E-state index contributed by atoms with van der Waals surface area (Å²) in [5, 5.41) is 4.11. The zero-order valence-electron chi connectivity index (χ0n) is 12.0. The molecule has 0 spiro atoms. The number of carbonyl (C=O) groups excluding carboxylic acids is 2. The number of hydrogen-bond donors (Lipinski definition) is 2. The number of aryl methyl sites for hydroxylation is 1. The van der Waals surface area contributed by atoms with Gasteiger partial charge in [0.1, 0.15) is 5.75 Å². The van der Waals surface area contributed by atoms with Gasteiger partial charge in [0.25, 0.3) is 0 Å². The SMILES string of the molecule is COc1ccc(CCC(=O)NCCNC(=O)C(F)(F)F)cc1. The Morgan fingerprint density at radius 2 is 1.68 bits per heavy atom. The zero-order valence-corrected chi connectivity index (χ0v) is 12.0. The Hall–Kier alpha value is -2.25. The fraction of sp³-hybridized carbons (Fsp3) is 0.429. The van der Waals surface area contributed by atoms with E-state index in [2.05, 4.69) is 5.32 Å². The van der Waals surface area contributed by atoms with Crippen molar-refractivity contribution in [1.29, 1.82) is 0 Å². The quantitative estimate of drug-likeness (QED) is 0.747. The number of amides is 2. The van der Waals surface area contributed by atoms with E-state index in [1.54, 1.807) is 24.6 Å². The van der Waals surface area contributed by atoms with Crippen LogP contribution in [0, 0.1) is 0 Å². The number of hydrogen-bond acceptors (Lipinski definition) is 3. The van der Waals surface area contributed by atoms with Gasteiger partial charge in [-0.05, 0) is 24.1 Å². The largest absolute Gasteiger partial charge is 0.497 e. The third-order valence-corrected chi connectivity index (χ3v) is 2.79. The van der Waals surface area contributed by atoms with Crippen LogP contribution < -0.4 is 15.4 Å². The van der Waals surface area contributed by atoms with Crippen molar-refractivity contribution < 1.29 is 27.5 Å². The molecule has 22 heavy (non-hydrogen) atoms. The number of ether oxygens (including phenoxy) is 1. The smallest absolute Gasteiger partial charge is 0.471 e. The number of halogens is 3. The minimum absolute atomic E-state index is 0.0523. The molecule has 0 unspecified atom stereocenters. The van der Waals surface area contributed by atoms with E-state index in [4.69, 9.17) is 4.74 Å². The summed E-state index contributed by atoms with van der Waals surface area (Å²) in [6.45, 7) is -0.324. The van der Waals surface area contributed by atoms with Crippen LogP contribution in [0.5, 0.6) is 5.75 Å². The molecule has 1 aromatic carbocycles. The predicted octanol–water partition coefficient (Wildman–Crippen LogP) is 1.42. The van der Waals surface area contributed by atoms with Crippen molar-refractivity contribution in [2.45, 2.75) is 19.0 Å². The van der Waals surface area contributed by atoms with Gasteiger partial charge in [0, 0.05) is 19.5 Å². The van der Waals surface area contributed by atoms with Crippen LogP contribution in [0.25, 0.3) is 0 Å². The van der Waals surface area contributed by atoms with Gasteiger partial charge in [-0.3, -0.25) is 9.59 Å². The van der Waals surface area contributed by atoms with Crippen molar-refractivity contribution in [3.8, 4) is 5.75 Å². The van der Waals surface area contributed by atoms with E-state index in [-0.39, 0.29) is 25.4 Å². The van der Waals surface area contributed by atoms with E-state index >= 15 is 0 Å². The van der Waals surface area contributed by atoms with Crippen LogP contribution in [0.15, 0.2) is 24.3 Å². The molecule has 0 fully saturated rings. The molecule has 0 aliphatic rings. The Morgan fingerprint density at radius 1 is 1.09 bits per heavy atom. The van der Waals surface area contributed by atoms with Gasteiger partial charge in [0.2, 0.25) is 5.91 Å². The predicted molar refractivity (Wildman–Crippen MR) is 73.4 cm³/mol. The Balaban J connectivity index is 2.19. The average Bonchev–Trinajstić information content (AvgIpc) is 2.48. The van der Waals surface area contributed by atoms with Crippen molar-refractivity contribution in [1.82, 2.24) is 10.6 Å². The fourth-order valence-electron chi connectivity index (χ4n) is 1.62. The topological polar surface area (TPSA) is 67.4 Å². The first-order valence-corrected chi connectivity index (χ1v) is 6.57. The average molecular weight is 318 g/mol. The van der Waals surface area contributed by atoms with Crippen molar-refractivity contribution in [2.75, 3.05) is 20.2 Å². The van der Waals surface area contributed by atoms with Crippen molar-refractivity contribution in [3.63, 3.8) is 0 Å². The molecule has 2 N–H and O–H groups in total. The van der Waals surface area contributed by atoms with Gasteiger partial charge in [-0.2, -0.15) is 13.2 Å². The summed E-state index contributed by atoms with van der Waals surface area (Å²) >= 11 is 0. The lowest BCUT2D eigenvalue weighted by atomic mass is 10.1. The molecule has 0 heterocycles. The molecule has 5 nitrogen and oxygen atoms in total. The van der Waals surface area contributed by atoms with Crippen molar-refractivity contribution in [3.05, 3.63) is 29.8 Å². The number of rotatable bonds is 7. The van der Waals surface area contributed by atoms with Gasteiger partial charge in [0.15, 0.2) is 0 Å². The maximum Gasteiger partial charge on any atom is 0.471 e. The third kappa shape index (κ3) is 6.47. The summed E-state index contributed by atoms with van der Waals surface area (Å²) in [7, 11) is 1.56. The second-order valence-electron chi connectivity index (χ2n) is 4.45. The number of nitrogens with one attached hydrogen (secondary N) is 2. The highest BCUT2D eigenvalue weighted by molar-refractivity contribution is 5.81. The molecule has 0 saturated heterocycles. The minimum atomic E-state index is -4.90. The molecule has 0 bridgehead atoms. The molecule has 0 saturated carbocycles. The van der Waals surface area contributed by atoms with Gasteiger partial charge >= 0.3 is 12.1 Å². The van der Waals surface area contributed by atoms with E-state index in [1.807, 2.05) is 12.1 Å². The van der Waals surface area contributed by atoms with E-state index in [1.165, 1.54) is 0 Å². The Kier molecular flexibility index (Phi) is 6.68. The highest BCUT2D eigenvalue weighted by Gasteiger charge is 2.38. The maximum atomic E-state index is 11.9. The van der Waals surface area contributed by atoms with Crippen LogP contribution in [-0.4, -0.2) is 38.2 Å². The molecular weight excluding hydrogens is 301 g/mol. The fourth-order valence-corrected chi connectivity index (χ4v) is 1.62. The van der Waals surface area contributed by atoms with Gasteiger partial charge in [-0.25, -0.2) is 0 Å². The number of carbonyl (C=O) groups is 2. The number of benzene rings is 1. The molecule has 1 aromatic rings. The summed E-state index contributed by atoms with van der Waals surface area (Å²) in [4.78, 5) is 22.0. The molecule has 0 aromatic heterocycles. The lowest BCUT2D eigenvalue weighted by molar-refractivity contribution is -0.173. The highest BCUT2D eigenvalue weighted by Crippen LogP contribution is 2.14. The second kappa shape index (κ2) is 8.26. The molecule has 8 heteroatoms. The zero-order chi connectivity index (χ0) is 16.6. The van der Waals surface area contributed by atoms with Gasteiger partial charge < -0.3 is 15.4 Å². The van der Waals surface area contributed by atoms with Crippen LogP contribution >= 0.6 is 0 Å². The van der Waals surface area contributed by atoms with Crippen LogP contribution in [0.3, 0.4) is 0 Å². The molecule has 0 atom stereocenters. The summed E-state index contributed by atoms with van der Waals surface area (Å²) in [5.41, 5.74) is 0.946.